The van der Waals surface area contributed by atoms with Crippen LogP contribution >= 0.6 is 11.8 Å². The van der Waals surface area contributed by atoms with Crippen molar-refractivity contribution in [3.63, 3.8) is 0 Å². The van der Waals surface area contributed by atoms with Gasteiger partial charge in [0.25, 0.3) is 0 Å². The molecular weight excluding hydrogens is 195 g/mol. The minimum Gasteiger partial charge on any atom is -0.207 e. The Labute approximate surface area is 89.9 Å². The minimum atomic E-state index is -0.156. The zero-order valence-corrected chi connectivity index (χ0v) is 9.61. The van der Waals surface area contributed by atoms with Crippen LogP contribution < -0.4 is 0 Å². The molecule has 0 nitrogen and oxygen atoms in total. The van der Waals surface area contributed by atoms with Crippen LogP contribution in [-0.4, -0.2) is 5.75 Å². The lowest BCUT2D eigenvalue weighted by Gasteiger charge is -2.07. The molecule has 0 aromatic heterocycles. The molecule has 14 heavy (non-hydrogen) atoms. The quantitative estimate of drug-likeness (QED) is 0.654. The van der Waals surface area contributed by atoms with E-state index in [1.54, 1.807) is 11.8 Å². The molecule has 78 valence electrons. The molecular formula is C12H17FS. The lowest BCUT2D eigenvalue weighted by Crippen LogP contribution is -1.93. The van der Waals surface area contributed by atoms with E-state index in [-0.39, 0.29) is 5.82 Å². The van der Waals surface area contributed by atoms with Gasteiger partial charge in [-0.1, -0.05) is 20.3 Å². The van der Waals surface area contributed by atoms with Crippen LogP contribution in [-0.2, 0) is 0 Å². The van der Waals surface area contributed by atoms with Crippen LogP contribution in [0.1, 0.15) is 26.7 Å². The molecule has 0 radical (unpaired) electrons. The summed E-state index contributed by atoms with van der Waals surface area (Å²) in [5.74, 6) is 1.76. The monoisotopic (exact) mass is 212 g/mol. The molecule has 1 atom stereocenters. The molecule has 0 spiro atoms. The molecule has 0 saturated heterocycles. The van der Waals surface area contributed by atoms with Crippen molar-refractivity contribution in [2.24, 2.45) is 5.92 Å². The summed E-state index contributed by atoms with van der Waals surface area (Å²) in [4.78, 5) is 1.16. The maximum absolute atomic E-state index is 12.6. The molecule has 1 rings (SSSR count). The van der Waals surface area contributed by atoms with Crippen LogP contribution in [0.3, 0.4) is 0 Å². The number of benzene rings is 1. The van der Waals surface area contributed by atoms with Crippen molar-refractivity contribution in [1.29, 1.82) is 0 Å². The summed E-state index contributed by atoms with van der Waals surface area (Å²) < 4.78 is 12.6. The van der Waals surface area contributed by atoms with Gasteiger partial charge in [0, 0.05) is 4.90 Å². The second kappa shape index (κ2) is 6.07. The van der Waals surface area contributed by atoms with Gasteiger partial charge in [0.15, 0.2) is 0 Å². The molecule has 2 heteroatoms. The molecule has 1 aromatic carbocycles. The number of thioether (sulfide) groups is 1. The van der Waals surface area contributed by atoms with Crippen LogP contribution in [0.4, 0.5) is 4.39 Å². The van der Waals surface area contributed by atoms with E-state index in [9.17, 15) is 4.39 Å². The van der Waals surface area contributed by atoms with Crippen LogP contribution in [0.2, 0.25) is 0 Å². The molecule has 0 fully saturated rings. The Bertz CT molecular complexity index is 256. The number of hydrogen-bond acceptors (Lipinski definition) is 1. The van der Waals surface area contributed by atoms with Crippen molar-refractivity contribution in [2.45, 2.75) is 31.6 Å². The first-order chi connectivity index (χ1) is 6.72. The van der Waals surface area contributed by atoms with Crippen molar-refractivity contribution in [1.82, 2.24) is 0 Å². The number of rotatable bonds is 5. The van der Waals surface area contributed by atoms with E-state index in [2.05, 4.69) is 13.8 Å². The van der Waals surface area contributed by atoms with Crippen molar-refractivity contribution < 1.29 is 4.39 Å². The lowest BCUT2D eigenvalue weighted by atomic mass is 10.1. The van der Waals surface area contributed by atoms with Crippen LogP contribution in [0.5, 0.6) is 0 Å². The minimum absolute atomic E-state index is 0.156. The normalized spacial score (nSPS) is 12.8. The fraction of sp³-hybridized carbons (Fsp3) is 0.500. The van der Waals surface area contributed by atoms with Gasteiger partial charge in [0.1, 0.15) is 5.82 Å². The van der Waals surface area contributed by atoms with Gasteiger partial charge >= 0.3 is 0 Å². The zero-order chi connectivity index (χ0) is 10.4. The average molecular weight is 212 g/mol. The molecule has 0 bridgehead atoms. The fourth-order valence-corrected chi connectivity index (χ4v) is 2.20. The molecule has 0 N–H and O–H groups in total. The summed E-state index contributed by atoms with van der Waals surface area (Å²) >= 11 is 1.81. The van der Waals surface area contributed by atoms with Gasteiger partial charge in [0.05, 0.1) is 0 Å². The molecule has 0 saturated carbocycles. The van der Waals surface area contributed by atoms with E-state index in [1.165, 1.54) is 25.0 Å². The Hall–Kier alpha value is -0.500. The molecule has 0 amide bonds. The second-order valence-corrected chi connectivity index (χ2v) is 4.77. The van der Waals surface area contributed by atoms with Crippen LogP contribution in [0.25, 0.3) is 0 Å². The van der Waals surface area contributed by atoms with Crippen LogP contribution in [0.15, 0.2) is 29.2 Å². The number of hydrogen-bond donors (Lipinski definition) is 0. The zero-order valence-electron chi connectivity index (χ0n) is 8.79. The summed E-state index contributed by atoms with van der Waals surface area (Å²) in [6.07, 6.45) is 2.47. The summed E-state index contributed by atoms with van der Waals surface area (Å²) in [6, 6.07) is 6.73. The van der Waals surface area contributed by atoms with Crippen molar-refractivity contribution in [3.8, 4) is 0 Å². The average Bonchev–Trinajstić information content (AvgIpc) is 2.21. The van der Waals surface area contributed by atoms with Crippen molar-refractivity contribution in [2.75, 3.05) is 5.75 Å². The van der Waals surface area contributed by atoms with Gasteiger partial charge in [-0.2, -0.15) is 0 Å². The van der Waals surface area contributed by atoms with Gasteiger partial charge in [-0.15, -0.1) is 11.8 Å². The SMILES string of the molecule is CCC(C)CCSc1ccc(F)cc1. The van der Waals surface area contributed by atoms with Gasteiger partial charge in [-0.05, 0) is 42.4 Å². The van der Waals surface area contributed by atoms with Crippen molar-refractivity contribution in [3.05, 3.63) is 30.1 Å². The first-order valence-electron chi connectivity index (χ1n) is 5.10. The summed E-state index contributed by atoms with van der Waals surface area (Å²) in [5.41, 5.74) is 0. The summed E-state index contributed by atoms with van der Waals surface area (Å²) in [5, 5.41) is 0. The Morgan fingerprint density at radius 2 is 1.93 bits per heavy atom. The third kappa shape index (κ3) is 4.14. The second-order valence-electron chi connectivity index (χ2n) is 3.60. The molecule has 0 aliphatic carbocycles. The highest BCUT2D eigenvalue weighted by atomic mass is 32.2. The maximum Gasteiger partial charge on any atom is 0.123 e. The highest BCUT2D eigenvalue weighted by molar-refractivity contribution is 7.99. The Balaban J connectivity index is 2.28. The topological polar surface area (TPSA) is 0 Å². The third-order valence-corrected chi connectivity index (χ3v) is 3.44. The maximum atomic E-state index is 12.6. The first-order valence-corrected chi connectivity index (χ1v) is 6.09. The molecule has 0 aliphatic heterocycles. The number of halogens is 1. The van der Waals surface area contributed by atoms with Crippen molar-refractivity contribution >= 4 is 11.8 Å². The molecule has 1 unspecified atom stereocenters. The van der Waals surface area contributed by atoms with Gasteiger partial charge in [0.2, 0.25) is 0 Å². The van der Waals surface area contributed by atoms with E-state index < -0.39 is 0 Å². The van der Waals surface area contributed by atoms with E-state index >= 15 is 0 Å². The fourth-order valence-electron chi connectivity index (χ4n) is 1.11. The Morgan fingerprint density at radius 1 is 1.29 bits per heavy atom. The standard InChI is InChI=1S/C12H17FS/c1-3-10(2)8-9-14-12-6-4-11(13)5-7-12/h4-7,10H,3,8-9H2,1-2H3. The Kier molecular flexibility index (Phi) is 5.02. The molecule has 1 aromatic rings. The van der Waals surface area contributed by atoms with Gasteiger partial charge < -0.3 is 0 Å². The first kappa shape index (κ1) is 11.6. The highest BCUT2D eigenvalue weighted by Gasteiger charge is 1.99. The Morgan fingerprint density at radius 3 is 2.50 bits per heavy atom. The smallest absolute Gasteiger partial charge is 0.123 e. The third-order valence-electron chi connectivity index (χ3n) is 2.39. The van der Waals surface area contributed by atoms with Crippen LogP contribution in [0, 0.1) is 11.7 Å². The highest BCUT2D eigenvalue weighted by Crippen LogP contribution is 2.21. The van der Waals surface area contributed by atoms with E-state index in [0.29, 0.717) is 0 Å². The van der Waals surface area contributed by atoms with E-state index in [0.717, 1.165) is 16.6 Å². The predicted octanol–water partition coefficient (Wildman–Crippen LogP) is 4.35. The molecule has 0 aliphatic rings. The summed E-state index contributed by atoms with van der Waals surface area (Å²) in [6.45, 7) is 4.48. The lowest BCUT2D eigenvalue weighted by molar-refractivity contribution is 0.549. The van der Waals surface area contributed by atoms with Gasteiger partial charge in [-0.25, -0.2) is 4.39 Å². The predicted molar refractivity (Wildman–Crippen MR) is 61.2 cm³/mol. The van der Waals surface area contributed by atoms with E-state index in [1.807, 2.05) is 12.1 Å². The van der Waals surface area contributed by atoms with Gasteiger partial charge in [-0.3, -0.25) is 0 Å². The largest absolute Gasteiger partial charge is 0.207 e. The molecule has 0 heterocycles. The summed E-state index contributed by atoms with van der Waals surface area (Å²) in [7, 11) is 0. The van der Waals surface area contributed by atoms with E-state index in [4.69, 9.17) is 0 Å².